The zero-order valence-corrected chi connectivity index (χ0v) is 17.9. The molecule has 2 aromatic heterocycles. The van der Waals surface area contributed by atoms with Crippen molar-refractivity contribution < 1.29 is 9.47 Å². The molecular weight excluding hydrogens is 368 g/mol. The van der Waals surface area contributed by atoms with E-state index in [0.717, 1.165) is 44.7 Å². The number of hydrogen-bond donors (Lipinski definition) is 1. The van der Waals surface area contributed by atoms with E-state index < -0.39 is 0 Å². The molecular formula is C23H32N2O2S. The molecule has 1 aliphatic heterocycles. The van der Waals surface area contributed by atoms with Crippen molar-refractivity contribution in [3.63, 3.8) is 0 Å². The number of ether oxygens (including phenoxy) is 2. The molecule has 2 aliphatic rings. The van der Waals surface area contributed by atoms with E-state index in [-0.39, 0.29) is 11.0 Å². The van der Waals surface area contributed by atoms with Crippen molar-refractivity contribution >= 4 is 11.3 Å². The molecule has 0 unspecified atom stereocenters. The van der Waals surface area contributed by atoms with E-state index in [4.69, 9.17) is 14.5 Å². The van der Waals surface area contributed by atoms with Crippen molar-refractivity contribution in [3.8, 4) is 5.75 Å². The van der Waals surface area contributed by atoms with Gasteiger partial charge in [-0.2, -0.15) is 0 Å². The third kappa shape index (κ3) is 4.12. The van der Waals surface area contributed by atoms with Crippen LogP contribution in [0.5, 0.6) is 5.75 Å². The lowest BCUT2D eigenvalue weighted by molar-refractivity contribution is -0.104. The van der Waals surface area contributed by atoms with Crippen molar-refractivity contribution in [1.82, 2.24) is 10.3 Å². The number of pyridine rings is 1. The summed E-state index contributed by atoms with van der Waals surface area (Å²) in [7, 11) is 1.75. The van der Waals surface area contributed by atoms with Crippen LogP contribution in [0.1, 0.15) is 60.4 Å². The quantitative estimate of drug-likeness (QED) is 0.664. The fourth-order valence-corrected chi connectivity index (χ4v) is 6.13. The first kappa shape index (κ1) is 19.9. The van der Waals surface area contributed by atoms with E-state index in [1.165, 1.54) is 41.1 Å². The van der Waals surface area contributed by atoms with Gasteiger partial charge in [0.05, 0.1) is 17.6 Å². The molecule has 3 heterocycles. The summed E-state index contributed by atoms with van der Waals surface area (Å²) >= 11 is 1.82. The van der Waals surface area contributed by atoms with Crippen LogP contribution >= 0.6 is 11.3 Å². The van der Waals surface area contributed by atoms with E-state index >= 15 is 0 Å². The molecule has 1 spiro atoms. The molecule has 4 rings (SSSR count). The van der Waals surface area contributed by atoms with Gasteiger partial charge in [-0.15, -0.1) is 11.3 Å². The summed E-state index contributed by atoms with van der Waals surface area (Å²) in [5.74, 6) is 1.01. The molecule has 2 fully saturated rings. The van der Waals surface area contributed by atoms with Crippen molar-refractivity contribution in [3.05, 3.63) is 45.9 Å². The van der Waals surface area contributed by atoms with E-state index in [2.05, 4.69) is 30.4 Å². The number of hydrogen-bond acceptors (Lipinski definition) is 5. The highest BCUT2D eigenvalue weighted by Crippen LogP contribution is 2.49. The van der Waals surface area contributed by atoms with Crippen molar-refractivity contribution in [2.45, 2.75) is 69.4 Å². The van der Waals surface area contributed by atoms with Crippen LogP contribution in [0, 0.1) is 6.92 Å². The molecule has 28 heavy (non-hydrogen) atoms. The van der Waals surface area contributed by atoms with Crippen molar-refractivity contribution in [2.24, 2.45) is 0 Å². The summed E-state index contributed by atoms with van der Waals surface area (Å²) in [6.07, 6.45) is 10.2. The third-order valence-corrected chi connectivity index (χ3v) is 7.58. The Hall–Kier alpha value is -1.43. The minimum Gasteiger partial charge on any atom is -0.496 e. The van der Waals surface area contributed by atoms with Crippen LogP contribution in [0.15, 0.2) is 30.5 Å². The van der Waals surface area contributed by atoms with Crippen molar-refractivity contribution in [1.29, 1.82) is 0 Å². The largest absolute Gasteiger partial charge is 0.496 e. The number of aryl methyl sites for hydroxylation is 1. The maximum absolute atomic E-state index is 6.35. The molecule has 5 heteroatoms. The molecule has 4 nitrogen and oxygen atoms in total. The summed E-state index contributed by atoms with van der Waals surface area (Å²) in [5.41, 5.74) is 1.45. The fourth-order valence-electron chi connectivity index (χ4n) is 5.16. The highest BCUT2D eigenvalue weighted by atomic mass is 32.1. The molecule has 1 saturated heterocycles. The Labute approximate surface area is 172 Å². The summed E-state index contributed by atoms with van der Waals surface area (Å²) in [6.45, 7) is 4.83. The Balaban J connectivity index is 1.46. The Bertz CT molecular complexity index is 770. The van der Waals surface area contributed by atoms with Crippen molar-refractivity contribution in [2.75, 3.05) is 20.3 Å². The van der Waals surface area contributed by atoms with Gasteiger partial charge in [0.15, 0.2) is 0 Å². The third-order valence-electron chi connectivity index (χ3n) is 6.55. The molecule has 1 atom stereocenters. The molecule has 0 bridgehead atoms. The first-order chi connectivity index (χ1) is 13.6. The number of methoxy groups -OCH3 is 1. The van der Waals surface area contributed by atoms with Crippen LogP contribution in [0.25, 0.3) is 0 Å². The van der Waals surface area contributed by atoms with E-state index in [9.17, 15) is 0 Å². The van der Waals surface area contributed by atoms with Gasteiger partial charge in [-0.3, -0.25) is 4.98 Å². The van der Waals surface area contributed by atoms with Gasteiger partial charge in [0.25, 0.3) is 0 Å². The topological polar surface area (TPSA) is 43.4 Å². The molecule has 1 aliphatic carbocycles. The average molecular weight is 401 g/mol. The SMILES string of the molecule is COc1cc(C)sc1CNCC[C@]1(c2ccccn2)CCOC2(CCCC2)C1. The first-order valence-electron chi connectivity index (χ1n) is 10.5. The number of rotatable bonds is 7. The van der Waals surface area contributed by atoms with Gasteiger partial charge in [-0.1, -0.05) is 18.9 Å². The highest BCUT2D eigenvalue weighted by molar-refractivity contribution is 7.12. The Morgan fingerprint density at radius 3 is 2.86 bits per heavy atom. The standard InChI is InChI=1S/C23H32N2O2S/c1-18-15-19(26-2)20(28-18)16-24-13-10-22(21-7-3-6-12-25-21)11-14-27-23(17-22)8-4-5-9-23/h3,6-7,12,15,24H,4-5,8-11,13-14,16-17H2,1-2H3/t22-/m0/s1. The molecule has 152 valence electrons. The number of nitrogens with one attached hydrogen (secondary N) is 1. The summed E-state index contributed by atoms with van der Waals surface area (Å²) in [5, 5.41) is 3.67. The van der Waals surface area contributed by atoms with Gasteiger partial charge >= 0.3 is 0 Å². The van der Waals surface area contributed by atoms with E-state index in [0.29, 0.717) is 0 Å². The Morgan fingerprint density at radius 1 is 1.25 bits per heavy atom. The maximum Gasteiger partial charge on any atom is 0.134 e. The number of nitrogens with zero attached hydrogens (tertiary/aromatic N) is 1. The van der Waals surface area contributed by atoms with Gasteiger partial charge in [-0.25, -0.2) is 0 Å². The highest BCUT2D eigenvalue weighted by Gasteiger charge is 2.48. The van der Waals surface area contributed by atoms with Gasteiger partial charge in [0.2, 0.25) is 0 Å². The van der Waals surface area contributed by atoms with Crippen LogP contribution in [0.4, 0.5) is 0 Å². The molecule has 2 aromatic rings. The fraction of sp³-hybridized carbons (Fsp3) is 0.609. The lowest BCUT2D eigenvalue weighted by atomic mass is 9.68. The van der Waals surface area contributed by atoms with Gasteiger partial charge in [0.1, 0.15) is 5.75 Å². The second-order valence-electron chi connectivity index (χ2n) is 8.44. The smallest absolute Gasteiger partial charge is 0.134 e. The number of aromatic nitrogens is 1. The zero-order chi connectivity index (χ0) is 19.5. The van der Waals surface area contributed by atoms with Crippen LogP contribution in [-0.4, -0.2) is 30.8 Å². The predicted molar refractivity (Wildman–Crippen MR) is 114 cm³/mol. The molecule has 0 amide bonds. The number of thiophene rings is 1. The molecule has 0 aromatic carbocycles. The Kier molecular flexibility index (Phi) is 6.04. The predicted octanol–water partition coefficient (Wildman–Crippen LogP) is 5.00. The van der Waals surface area contributed by atoms with Gasteiger partial charge in [0, 0.05) is 35.3 Å². The normalized spacial score (nSPS) is 23.9. The molecule has 0 radical (unpaired) electrons. The first-order valence-corrected chi connectivity index (χ1v) is 11.4. The summed E-state index contributed by atoms with van der Waals surface area (Å²) < 4.78 is 11.9. The Morgan fingerprint density at radius 2 is 2.11 bits per heavy atom. The summed E-state index contributed by atoms with van der Waals surface area (Å²) in [6, 6.07) is 8.50. The lowest BCUT2D eigenvalue weighted by Crippen LogP contribution is -2.47. The zero-order valence-electron chi connectivity index (χ0n) is 17.1. The molecule has 1 N–H and O–H groups in total. The van der Waals surface area contributed by atoms with Crippen LogP contribution < -0.4 is 10.1 Å². The minimum absolute atomic E-state index is 0.0872. The second-order valence-corrected chi connectivity index (χ2v) is 9.78. The maximum atomic E-state index is 6.35. The van der Waals surface area contributed by atoms with E-state index in [1.807, 2.05) is 23.6 Å². The van der Waals surface area contributed by atoms with Crippen LogP contribution in [-0.2, 0) is 16.7 Å². The van der Waals surface area contributed by atoms with Gasteiger partial charge < -0.3 is 14.8 Å². The molecule has 1 saturated carbocycles. The van der Waals surface area contributed by atoms with Gasteiger partial charge in [-0.05, 0) is 63.8 Å². The second kappa shape index (κ2) is 8.52. The monoisotopic (exact) mass is 400 g/mol. The minimum atomic E-state index is 0.0872. The lowest BCUT2D eigenvalue weighted by Gasteiger charge is -2.46. The summed E-state index contributed by atoms with van der Waals surface area (Å²) in [4.78, 5) is 7.38. The van der Waals surface area contributed by atoms with Crippen LogP contribution in [0.2, 0.25) is 0 Å². The average Bonchev–Trinajstić information content (AvgIpc) is 3.32. The van der Waals surface area contributed by atoms with E-state index in [1.54, 1.807) is 7.11 Å². The van der Waals surface area contributed by atoms with Crippen LogP contribution in [0.3, 0.4) is 0 Å².